The number of hydrogen-bond acceptors (Lipinski definition) is 10. The molecule has 0 aliphatic carbocycles. The van der Waals surface area contributed by atoms with Crippen molar-refractivity contribution in [2.24, 2.45) is 0 Å². The summed E-state index contributed by atoms with van der Waals surface area (Å²) in [5.74, 6) is -1.57. The Kier molecular flexibility index (Phi) is 18.4. The van der Waals surface area contributed by atoms with Crippen LogP contribution in [0.4, 0.5) is 0 Å². The number of aliphatic hydroxyl groups excluding tert-OH is 1. The maximum atomic E-state index is 11.8. The number of ether oxygens (including phenoxy) is 7. The molecule has 0 amide bonds. The summed E-state index contributed by atoms with van der Waals surface area (Å²) < 4.78 is 36.6. The van der Waals surface area contributed by atoms with Gasteiger partial charge in [0.1, 0.15) is 6.61 Å². The molecule has 0 aliphatic heterocycles. The lowest BCUT2D eigenvalue weighted by Crippen LogP contribution is -2.20. The van der Waals surface area contributed by atoms with Gasteiger partial charge in [0.25, 0.3) is 5.78 Å². The van der Waals surface area contributed by atoms with Gasteiger partial charge in [-0.2, -0.15) is 0 Å². The lowest BCUT2D eigenvalue weighted by molar-refractivity contribution is -0.139. The van der Waals surface area contributed by atoms with Crippen molar-refractivity contribution < 1.29 is 47.9 Å². The maximum absolute atomic E-state index is 11.8. The minimum Gasteiger partial charge on any atom is -0.457 e. The molecule has 0 radical (unpaired) electrons. The van der Waals surface area contributed by atoms with Gasteiger partial charge in [0.15, 0.2) is 0 Å². The summed E-state index contributed by atoms with van der Waals surface area (Å²) in [4.78, 5) is 23.4. The maximum Gasteiger partial charge on any atom is 0.379 e. The fourth-order valence-electron chi connectivity index (χ4n) is 2.23. The molecule has 0 saturated carbocycles. The van der Waals surface area contributed by atoms with Crippen molar-refractivity contribution in [1.29, 1.82) is 0 Å². The molecular formula is C22H34O10. The zero-order chi connectivity index (χ0) is 23.1. The Hall–Kier alpha value is -1.92. The van der Waals surface area contributed by atoms with Gasteiger partial charge in [0.2, 0.25) is 0 Å². The number of rotatable bonds is 22. The van der Waals surface area contributed by atoms with Crippen LogP contribution < -0.4 is 0 Å². The molecule has 0 unspecified atom stereocenters. The first kappa shape index (κ1) is 28.1. The monoisotopic (exact) mass is 458 g/mol. The number of hydrogen-bond donors (Lipinski definition) is 1. The third kappa shape index (κ3) is 15.8. The molecule has 10 nitrogen and oxygen atoms in total. The topological polar surface area (TPSA) is 119 Å². The number of esters is 1. The van der Waals surface area contributed by atoms with E-state index in [2.05, 4.69) is 0 Å². The first-order valence-corrected chi connectivity index (χ1v) is 10.6. The van der Waals surface area contributed by atoms with E-state index in [0.29, 0.717) is 78.2 Å². The van der Waals surface area contributed by atoms with E-state index in [9.17, 15) is 9.59 Å². The van der Waals surface area contributed by atoms with E-state index in [1.54, 1.807) is 30.3 Å². The number of ketones is 1. The average molecular weight is 459 g/mol. The Morgan fingerprint density at radius 1 is 0.562 bits per heavy atom. The zero-order valence-corrected chi connectivity index (χ0v) is 18.4. The summed E-state index contributed by atoms with van der Waals surface area (Å²) >= 11 is 0. The number of Topliss-reactive ketones (excluding diaryl/α,β-unsaturated/α-hetero) is 1. The quantitative estimate of drug-likeness (QED) is 0.114. The summed E-state index contributed by atoms with van der Waals surface area (Å²) in [5.41, 5.74) is 0.298. The molecular weight excluding hydrogens is 424 g/mol. The molecule has 1 aromatic rings. The smallest absolute Gasteiger partial charge is 0.379 e. The summed E-state index contributed by atoms with van der Waals surface area (Å²) in [7, 11) is 0. The van der Waals surface area contributed by atoms with Crippen molar-refractivity contribution in [3.05, 3.63) is 35.9 Å². The predicted molar refractivity (Wildman–Crippen MR) is 114 cm³/mol. The predicted octanol–water partition coefficient (Wildman–Crippen LogP) is 0.504. The SMILES string of the molecule is O=C(OCCOCCOCCOCCOCCOCCOCCO)C(=O)c1ccccc1. The van der Waals surface area contributed by atoms with Crippen molar-refractivity contribution in [3.63, 3.8) is 0 Å². The van der Waals surface area contributed by atoms with E-state index < -0.39 is 11.8 Å². The Labute approximate surface area is 188 Å². The second-order valence-corrected chi connectivity index (χ2v) is 6.23. The van der Waals surface area contributed by atoms with Crippen LogP contribution in [0, 0.1) is 0 Å². The molecule has 1 N–H and O–H groups in total. The first-order chi connectivity index (χ1) is 15.8. The molecule has 0 saturated heterocycles. The van der Waals surface area contributed by atoms with Crippen molar-refractivity contribution in [1.82, 2.24) is 0 Å². The normalized spacial score (nSPS) is 10.9. The lowest BCUT2D eigenvalue weighted by Gasteiger charge is -2.08. The molecule has 0 heterocycles. The molecule has 0 bridgehead atoms. The fraction of sp³-hybridized carbons (Fsp3) is 0.636. The number of carbonyl (C=O) groups excluding carboxylic acids is 2. The number of aliphatic hydroxyl groups is 1. The third-order valence-electron chi connectivity index (χ3n) is 3.78. The van der Waals surface area contributed by atoms with E-state index in [4.69, 9.17) is 38.3 Å². The van der Waals surface area contributed by atoms with Crippen molar-refractivity contribution in [2.45, 2.75) is 0 Å². The molecule has 0 atom stereocenters. The fourth-order valence-corrected chi connectivity index (χ4v) is 2.23. The van der Waals surface area contributed by atoms with Crippen LogP contribution in [-0.4, -0.2) is 109 Å². The van der Waals surface area contributed by atoms with Gasteiger partial charge < -0.3 is 38.3 Å². The van der Waals surface area contributed by atoms with Crippen molar-refractivity contribution in [3.8, 4) is 0 Å². The Bertz CT molecular complexity index is 581. The van der Waals surface area contributed by atoms with Gasteiger partial charge in [-0.3, -0.25) is 4.79 Å². The van der Waals surface area contributed by atoms with Gasteiger partial charge in [-0.25, -0.2) is 4.79 Å². The Morgan fingerprint density at radius 3 is 1.34 bits per heavy atom. The highest BCUT2D eigenvalue weighted by molar-refractivity contribution is 6.40. The van der Waals surface area contributed by atoms with Crippen LogP contribution in [0.3, 0.4) is 0 Å². The van der Waals surface area contributed by atoms with E-state index in [1.165, 1.54) is 0 Å². The van der Waals surface area contributed by atoms with E-state index in [1.807, 2.05) is 0 Å². The first-order valence-electron chi connectivity index (χ1n) is 10.6. The van der Waals surface area contributed by atoms with E-state index in [-0.39, 0.29) is 19.8 Å². The van der Waals surface area contributed by atoms with Gasteiger partial charge >= 0.3 is 5.97 Å². The molecule has 1 aromatic carbocycles. The largest absolute Gasteiger partial charge is 0.457 e. The second kappa shape index (κ2) is 21.0. The van der Waals surface area contributed by atoms with Gasteiger partial charge in [-0.1, -0.05) is 30.3 Å². The minimum absolute atomic E-state index is 0.00303. The van der Waals surface area contributed by atoms with Crippen LogP contribution in [0.25, 0.3) is 0 Å². The van der Waals surface area contributed by atoms with Gasteiger partial charge in [0, 0.05) is 5.56 Å². The molecule has 10 heteroatoms. The minimum atomic E-state index is -0.895. The summed E-state index contributed by atoms with van der Waals surface area (Å²) in [6.07, 6.45) is 0. The highest BCUT2D eigenvalue weighted by Gasteiger charge is 2.16. The number of benzene rings is 1. The van der Waals surface area contributed by atoms with E-state index >= 15 is 0 Å². The molecule has 0 spiro atoms. The van der Waals surface area contributed by atoms with Gasteiger partial charge in [0.05, 0.1) is 85.9 Å². The van der Waals surface area contributed by atoms with Crippen LogP contribution in [0.1, 0.15) is 10.4 Å². The Balaban J connectivity index is 1.77. The highest BCUT2D eigenvalue weighted by Crippen LogP contribution is 2.01. The van der Waals surface area contributed by atoms with Crippen molar-refractivity contribution >= 4 is 11.8 Å². The van der Waals surface area contributed by atoms with Crippen LogP contribution in [0.2, 0.25) is 0 Å². The molecule has 1 rings (SSSR count). The highest BCUT2D eigenvalue weighted by atomic mass is 16.6. The van der Waals surface area contributed by atoms with Crippen LogP contribution in [-0.2, 0) is 38.0 Å². The molecule has 0 aliphatic rings. The molecule has 0 fully saturated rings. The molecule has 182 valence electrons. The van der Waals surface area contributed by atoms with Crippen LogP contribution in [0.5, 0.6) is 0 Å². The summed E-state index contributed by atoms with van der Waals surface area (Å²) in [6, 6.07) is 8.25. The van der Waals surface area contributed by atoms with Crippen LogP contribution in [0.15, 0.2) is 30.3 Å². The van der Waals surface area contributed by atoms with Crippen LogP contribution >= 0.6 is 0 Å². The molecule has 0 aromatic heterocycles. The van der Waals surface area contributed by atoms with Crippen molar-refractivity contribution in [2.75, 3.05) is 92.5 Å². The van der Waals surface area contributed by atoms with E-state index in [0.717, 1.165) is 0 Å². The third-order valence-corrected chi connectivity index (χ3v) is 3.78. The Morgan fingerprint density at radius 2 is 0.938 bits per heavy atom. The second-order valence-electron chi connectivity index (χ2n) is 6.23. The average Bonchev–Trinajstić information content (AvgIpc) is 2.82. The molecule has 32 heavy (non-hydrogen) atoms. The van der Waals surface area contributed by atoms with Gasteiger partial charge in [-0.05, 0) is 0 Å². The summed E-state index contributed by atoms with van der Waals surface area (Å²) in [6.45, 7) is 4.96. The lowest BCUT2D eigenvalue weighted by atomic mass is 10.1. The number of carbonyl (C=O) groups is 2. The summed E-state index contributed by atoms with van der Waals surface area (Å²) in [5, 5.41) is 8.53. The zero-order valence-electron chi connectivity index (χ0n) is 18.4. The standard InChI is InChI=1S/C22H34O10/c23-6-7-26-8-9-27-10-11-28-12-13-29-14-15-30-16-17-31-18-19-32-22(25)21(24)20-4-2-1-3-5-20/h1-5,23H,6-19H2. The van der Waals surface area contributed by atoms with Gasteiger partial charge in [-0.15, -0.1) is 0 Å².